The first-order chi connectivity index (χ1) is 3.43. The van der Waals surface area contributed by atoms with Gasteiger partial charge in [0.2, 0.25) is 0 Å². The molecule has 0 aromatic heterocycles. The topological polar surface area (TPSA) is 17.1 Å². The number of rotatable bonds is 1. The summed E-state index contributed by atoms with van der Waals surface area (Å²) in [6.07, 6.45) is 2.95. The summed E-state index contributed by atoms with van der Waals surface area (Å²) in [7, 11) is 0. The molecule has 0 fully saturated rings. The number of carbonyl (C=O) groups excluding carboxylic acids is 1. The molecular weight excluding hydrogens is 86.9 g/mol. The van der Waals surface area contributed by atoms with E-state index in [1.807, 2.05) is 0 Å². The monoisotopic (exact) mass is 94.1 g/mol. The molecule has 0 spiro atoms. The summed E-state index contributed by atoms with van der Waals surface area (Å²) in [6, 6.07) is 0. The molecular formula is C5H7BO. The van der Waals surface area contributed by atoms with Crippen LogP contribution < -0.4 is 0 Å². The minimum atomic E-state index is 0.306. The average Bonchev–Trinajstić information content (AvgIpc) is 2.14. The van der Waals surface area contributed by atoms with Crippen molar-refractivity contribution < 1.29 is 4.79 Å². The van der Waals surface area contributed by atoms with Gasteiger partial charge in [0.25, 0.3) is 0 Å². The van der Waals surface area contributed by atoms with Crippen molar-refractivity contribution >= 4 is 19.2 Å². The van der Waals surface area contributed by atoms with Gasteiger partial charge in [-0.25, -0.2) is 0 Å². The van der Waals surface area contributed by atoms with E-state index in [-0.39, 0.29) is 0 Å². The van der Waals surface area contributed by atoms with E-state index >= 15 is 0 Å². The van der Waals surface area contributed by atoms with Gasteiger partial charge in [-0.2, -0.15) is 0 Å². The molecule has 1 aliphatic rings. The number of aldehydes is 1. The van der Waals surface area contributed by atoms with Crippen molar-refractivity contribution in [1.82, 2.24) is 0 Å². The summed E-state index contributed by atoms with van der Waals surface area (Å²) in [5, 5.41) is 0. The van der Waals surface area contributed by atoms with Gasteiger partial charge in [0.15, 0.2) is 0 Å². The summed E-state index contributed by atoms with van der Waals surface area (Å²) in [5.41, 5.74) is 0. The normalized spacial score (nSPS) is 27.1. The van der Waals surface area contributed by atoms with E-state index in [2.05, 4.69) is 12.9 Å². The van der Waals surface area contributed by atoms with Crippen molar-refractivity contribution in [1.29, 1.82) is 0 Å². The van der Waals surface area contributed by atoms with Crippen LogP contribution >= 0.6 is 0 Å². The Morgan fingerprint density at radius 3 is 3.00 bits per heavy atom. The zero-order valence-corrected chi connectivity index (χ0v) is 4.13. The maximum absolute atomic E-state index is 9.97. The van der Waals surface area contributed by atoms with E-state index in [4.69, 9.17) is 0 Å². The van der Waals surface area contributed by atoms with E-state index in [0.717, 1.165) is 19.0 Å². The van der Waals surface area contributed by atoms with Gasteiger partial charge in [-0.15, -0.1) is 0 Å². The molecule has 0 saturated heterocycles. The Balaban J connectivity index is 2.35. The van der Waals surface area contributed by atoms with E-state index in [0.29, 0.717) is 5.92 Å². The summed E-state index contributed by atoms with van der Waals surface area (Å²) < 4.78 is 0. The fourth-order valence-corrected chi connectivity index (χ4v) is 0.749. The van der Waals surface area contributed by atoms with Crippen molar-refractivity contribution in [3.05, 3.63) is 0 Å². The van der Waals surface area contributed by atoms with Crippen LogP contribution in [0.25, 0.3) is 0 Å². The number of hydrogen-bond donors (Lipinski definition) is 0. The van der Waals surface area contributed by atoms with Gasteiger partial charge in [0, 0.05) is 0 Å². The standard InChI is InChI=1S/C5H7BO/c7-4-5-1-2-6-3-5/h2,4-5H,1,3H2. The maximum atomic E-state index is 9.97. The van der Waals surface area contributed by atoms with Crippen LogP contribution in [0.15, 0.2) is 0 Å². The molecule has 0 aromatic rings. The van der Waals surface area contributed by atoms with Crippen LogP contribution in [0.3, 0.4) is 0 Å². The Bertz CT molecular complexity index is 90.3. The van der Waals surface area contributed by atoms with E-state index in [1.165, 1.54) is 0 Å². The summed E-state index contributed by atoms with van der Waals surface area (Å²) in [4.78, 5) is 9.97. The first-order valence-electron chi connectivity index (χ1n) is 2.54. The molecule has 0 radical (unpaired) electrons. The molecule has 1 unspecified atom stereocenters. The molecule has 1 aliphatic heterocycles. The van der Waals surface area contributed by atoms with Crippen LogP contribution in [0.2, 0.25) is 6.32 Å². The number of hydrogen-bond acceptors (Lipinski definition) is 1. The van der Waals surface area contributed by atoms with Crippen LogP contribution in [0.1, 0.15) is 6.42 Å². The minimum absolute atomic E-state index is 0.306. The molecule has 0 bridgehead atoms. The van der Waals surface area contributed by atoms with Gasteiger partial charge >= 0.3 is 42.6 Å². The first kappa shape index (κ1) is 4.76. The second kappa shape index (κ2) is 2.06. The van der Waals surface area contributed by atoms with Crippen LogP contribution in [0, 0.1) is 5.92 Å². The van der Waals surface area contributed by atoms with Gasteiger partial charge in [-0.3, -0.25) is 0 Å². The van der Waals surface area contributed by atoms with Gasteiger partial charge in [-0.1, -0.05) is 0 Å². The Labute approximate surface area is 43.6 Å². The third-order valence-corrected chi connectivity index (χ3v) is 1.24. The van der Waals surface area contributed by atoms with Crippen molar-refractivity contribution in [2.75, 3.05) is 0 Å². The fraction of sp³-hybridized carbons (Fsp3) is 0.600. The molecule has 1 heterocycles. The zero-order valence-electron chi connectivity index (χ0n) is 4.13. The van der Waals surface area contributed by atoms with Crippen molar-refractivity contribution in [3.63, 3.8) is 0 Å². The summed E-state index contributed by atoms with van der Waals surface area (Å²) >= 11 is 0. The molecule has 0 aliphatic carbocycles. The quantitative estimate of drug-likeness (QED) is 0.333. The van der Waals surface area contributed by atoms with E-state index < -0.39 is 0 Å². The average molecular weight is 93.9 g/mol. The molecule has 0 aromatic carbocycles. The van der Waals surface area contributed by atoms with Crippen LogP contribution in [-0.4, -0.2) is 19.2 Å². The van der Waals surface area contributed by atoms with Gasteiger partial charge in [0.1, 0.15) is 0 Å². The van der Waals surface area contributed by atoms with Crippen molar-refractivity contribution in [2.24, 2.45) is 5.92 Å². The van der Waals surface area contributed by atoms with Gasteiger partial charge in [0.05, 0.1) is 0 Å². The van der Waals surface area contributed by atoms with Crippen molar-refractivity contribution in [3.8, 4) is 0 Å². The molecule has 36 valence electrons. The Kier molecular flexibility index (Phi) is 1.40. The first-order valence-corrected chi connectivity index (χ1v) is 2.54. The van der Waals surface area contributed by atoms with Crippen LogP contribution in [0.4, 0.5) is 0 Å². The predicted octanol–water partition coefficient (Wildman–Crippen LogP) is 0.130. The Morgan fingerprint density at radius 1 is 1.86 bits per heavy atom. The Morgan fingerprint density at radius 2 is 2.71 bits per heavy atom. The molecule has 0 amide bonds. The molecule has 0 N–H and O–H groups in total. The second-order valence-electron chi connectivity index (χ2n) is 1.84. The second-order valence-corrected chi connectivity index (χ2v) is 1.84. The SMILES string of the molecule is O=CC1CB=CC1. The zero-order chi connectivity index (χ0) is 5.11. The molecule has 1 atom stereocenters. The third kappa shape index (κ3) is 0.984. The van der Waals surface area contributed by atoms with Crippen molar-refractivity contribution in [2.45, 2.75) is 12.7 Å². The van der Waals surface area contributed by atoms with Gasteiger partial charge in [-0.05, 0) is 0 Å². The summed E-state index contributed by atoms with van der Waals surface area (Å²) in [5.74, 6) is 2.36. The molecule has 7 heavy (non-hydrogen) atoms. The summed E-state index contributed by atoms with van der Waals surface area (Å²) in [6.45, 7) is 2.05. The Hall–Kier alpha value is -0.395. The van der Waals surface area contributed by atoms with E-state index in [9.17, 15) is 4.79 Å². The third-order valence-electron chi connectivity index (χ3n) is 1.24. The van der Waals surface area contributed by atoms with Crippen LogP contribution in [0.5, 0.6) is 0 Å². The predicted molar refractivity (Wildman–Crippen MR) is 30.8 cm³/mol. The molecule has 1 rings (SSSR count). The molecule has 1 nitrogen and oxygen atoms in total. The van der Waals surface area contributed by atoms with Crippen LogP contribution in [-0.2, 0) is 4.79 Å². The number of carbonyl (C=O) groups is 1. The van der Waals surface area contributed by atoms with E-state index in [1.54, 1.807) is 0 Å². The van der Waals surface area contributed by atoms with Gasteiger partial charge < -0.3 is 0 Å². The fourth-order valence-electron chi connectivity index (χ4n) is 0.749. The molecule has 0 saturated carbocycles. The molecule has 2 heteroatoms.